The van der Waals surface area contributed by atoms with Crippen LogP contribution < -0.4 is 15.3 Å². The van der Waals surface area contributed by atoms with Crippen LogP contribution in [-0.4, -0.2) is 39.1 Å². The highest BCUT2D eigenvalue weighted by Gasteiger charge is 2.35. The summed E-state index contributed by atoms with van der Waals surface area (Å²) in [4.78, 5) is 16.3. The first-order chi connectivity index (χ1) is 18.7. The number of rotatable bonds is 6. The Balaban J connectivity index is 1.35. The van der Waals surface area contributed by atoms with Gasteiger partial charge in [0.05, 0.1) is 30.4 Å². The van der Waals surface area contributed by atoms with Crippen LogP contribution in [0.1, 0.15) is 60.0 Å². The lowest BCUT2D eigenvalue weighted by Gasteiger charge is -2.34. The molecule has 206 valence electrons. The molecule has 0 N–H and O–H groups in total. The van der Waals surface area contributed by atoms with Gasteiger partial charge in [0.1, 0.15) is 17.1 Å². The fraction of sp³-hybridized carbons (Fsp3) is 0.448. The van der Waals surface area contributed by atoms with Crippen LogP contribution in [0, 0.1) is 6.92 Å². The SMILES string of the molecule is COc1cccc2c1n(Cc1ccccc1C(F)(F)F)c(=O)n2C1CCN(c2c(C)c(C3CC3)nn2C)CC1. The predicted molar refractivity (Wildman–Crippen MR) is 144 cm³/mol. The molecule has 0 bridgehead atoms. The molecule has 0 spiro atoms. The Hall–Kier alpha value is -3.69. The molecule has 10 heteroatoms. The van der Waals surface area contributed by atoms with Gasteiger partial charge in [-0.1, -0.05) is 24.3 Å². The first-order valence-electron chi connectivity index (χ1n) is 13.4. The van der Waals surface area contributed by atoms with E-state index in [-0.39, 0.29) is 23.8 Å². The smallest absolute Gasteiger partial charge is 0.416 e. The molecule has 39 heavy (non-hydrogen) atoms. The second-order valence-electron chi connectivity index (χ2n) is 10.7. The van der Waals surface area contributed by atoms with Crippen molar-refractivity contribution < 1.29 is 17.9 Å². The molecule has 6 rings (SSSR count). The molecule has 1 aliphatic heterocycles. The normalized spacial score (nSPS) is 16.8. The monoisotopic (exact) mass is 539 g/mol. The maximum atomic E-state index is 13.9. The van der Waals surface area contributed by atoms with E-state index in [0.29, 0.717) is 22.7 Å². The van der Waals surface area contributed by atoms with Crippen molar-refractivity contribution in [3.63, 3.8) is 0 Å². The van der Waals surface area contributed by atoms with Gasteiger partial charge < -0.3 is 9.64 Å². The van der Waals surface area contributed by atoms with Crippen LogP contribution in [0.4, 0.5) is 19.0 Å². The number of anilines is 1. The van der Waals surface area contributed by atoms with E-state index < -0.39 is 11.7 Å². The minimum absolute atomic E-state index is 0.0463. The van der Waals surface area contributed by atoms with E-state index in [9.17, 15) is 18.0 Å². The second kappa shape index (κ2) is 9.50. The Morgan fingerprint density at radius 3 is 2.41 bits per heavy atom. The molecule has 1 aliphatic carbocycles. The van der Waals surface area contributed by atoms with Crippen molar-refractivity contribution in [2.45, 2.75) is 57.3 Å². The van der Waals surface area contributed by atoms with E-state index in [2.05, 4.69) is 11.8 Å². The number of aromatic nitrogens is 4. The van der Waals surface area contributed by atoms with Crippen LogP contribution >= 0.6 is 0 Å². The molecule has 1 saturated carbocycles. The molecule has 0 unspecified atom stereocenters. The van der Waals surface area contributed by atoms with Crippen molar-refractivity contribution in [3.8, 4) is 5.75 Å². The van der Waals surface area contributed by atoms with Gasteiger partial charge in [-0.15, -0.1) is 0 Å². The number of nitrogens with zero attached hydrogens (tertiary/aromatic N) is 5. The van der Waals surface area contributed by atoms with E-state index in [1.165, 1.54) is 47.9 Å². The number of hydrogen-bond donors (Lipinski definition) is 0. The topological polar surface area (TPSA) is 57.2 Å². The third kappa shape index (κ3) is 4.39. The lowest BCUT2D eigenvalue weighted by Crippen LogP contribution is -2.39. The minimum Gasteiger partial charge on any atom is -0.494 e. The van der Waals surface area contributed by atoms with E-state index in [0.717, 1.165) is 37.8 Å². The number of halogens is 3. The molecule has 0 radical (unpaired) electrons. The summed E-state index contributed by atoms with van der Waals surface area (Å²) < 4.78 is 52.0. The highest BCUT2D eigenvalue weighted by Crippen LogP contribution is 2.43. The molecule has 1 saturated heterocycles. The molecule has 2 fully saturated rings. The summed E-state index contributed by atoms with van der Waals surface area (Å²) >= 11 is 0. The zero-order valence-electron chi connectivity index (χ0n) is 22.3. The fourth-order valence-electron chi connectivity index (χ4n) is 6.24. The third-order valence-corrected chi connectivity index (χ3v) is 8.19. The lowest BCUT2D eigenvalue weighted by atomic mass is 10.0. The summed E-state index contributed by atoms with van der Waals surface area (Å²) in [5.74, 6) is 2.17. The maximum absolute atomic E-state index is 13.9. The second-order valence-corrected chi connectivity index (χ2v) is 10.7. The summed E-state index contributed by atoms with van der Waals surface area (Å²) in [5.41, 5.74) is 2.61. The minimum atomic E-state index is -4.52. The first-order valence-corrected chi connectivity index (χ1v) is 13.4. The average Bonchev–Trinajstić information content (AvgIpc) is 3.66. The number of imidazole rings is 1. The van der Waals surface area contributed by atoms with Crippen molar-refractivity contribution in [1.29, 1.82) is 0 Å². The molecule has 2 aromatic carbocycles. The maximum Gasteiger partial charge on any atom is 0.416 e. The molecule has 7 nitrogen and oxygen atoms in total. The standard InChI is InChI=1S/C29H32F3N5O2/c1-18-25(19-11-12-19)33-34(2)27(18)35-15-13-21(14-16-35)37-23-9-6-10-24(39-3)26(23)36(28(37)38)17-20-7-4-5-8-22(20)29(30,31)32/h4-10,19,21H,11-17H2,1-3H3. The summed E-state index contributed by atoms with van der Waals surface area (Å²) in [5, 5.41) is 4.79. The summed E-state index contributed by atoms with van der Waals surface area (Å²) in [6.45, 7) is 3.46. The van der Waals surface area contributed by atoms with E-state index in [1.54, 1.807) is 16.7 Å². The van der Waals surface area contributed by atoms with Gasteiger partial charge >= 0.3 is 11.9 Å². The quantitative estimate of drug-likeness (QED) is 0.318. The van der Waals surface area contributed by atoms with Crippen LogP contribution in [0.15, 0.2) is 47.3 Å². The molecule has 2 aromatic heterocycles. The lowest BCUT2D eigenvalue weighted by molar-refractivity contribution is -0.138. The number of benzene rings is 2. The van der Waals surface area contributed by atoms with Gasteiger partial charge in [-0.3, -0.25) is 13.8 Å². The Morgan fingerprint density at radius 2 is 1.74 bits per heavy atom. The van der Waals surface area contributed by atoms with Crippen LogP contribution in [-0.2, 0) is 19.8 Å². The van der Waals surface area contributed by atoms with Crippen LogP contribution in [0.3, 0.4) is 0 Å². The molecule has 4 aromatic rings. The number of aryl methyl sites for hydroxylation is 1. The van der Waals surface area contributed by atoms with Crippen molar-refractivity contribution in [2.75, 3.05) is 25.1 Å². The third-order valence-electron chi connectivity index (χ3n) is 8.19. The van der Waals surface area contributed by atoms with E-state index in [4.69, 9.17) is 9.84 Å². The molecule has 0 amide bonds. The van der Waals surface area contributed by atoms with Crippen molar-refractivity contribution in [3.05, 3.63) is 75.3 Å². The Morgan fingerprint density at radius 1 is 1.03 bits per heavy atom. The molecule has 3 heterocycles. The number of piperidine rings is 1. The molecular weight excluding hydrogens is 507 g/mol. The number of fused-ring (bicyclic) bond motifs is 1. The van der Waals surface area contributed by atoms with Gasteiger partial charge in [-0.25, -0.2) is 4.79 Å². The van der Waals surface area contributed by atoms with Gasteiger partial charge in [-0.2, -0.15) is 18.3 Å². The van der Waals surface area contributed by atoms with Gasteiger partial charge in [0.2, 0.25) is 0 Å². The number of ether oxygens (including phenoxy) is 1. The average molecular weight is 540 g/mol. The number of methoxy groups -OCH3 is 1. The number of para-hydroxylation sites is 1. The predicted octanol–water partition coefficient (Wildman–Crippen LogP) is 5.64. The fourth-order valence-corrected chi connectivity index (χ4v) is 6.24. The highest BCUT2D eigenvalue weighted by molar-refractivity contribution is 5.83. The summed E-state index contributed by atoms with van der Waals surface area (Å²) in [6, 6.07) is 10.7. The summed E-state index contributed by atoms with van der Waals surface area (Å²) in [7, 11) is 3.50. The zero-order chi connectivity index (χ0) is 27.5. The largest absolute Gasteiger partial charge is 0.494 e. The zero-order valence-corrected chi connectivity index (χ0v) is 22.3. The van der Waals surface area contributed by atoms with Crippen LogP contribution in [0.25, 0.3) is 11.0 Å². The van der Waals surface area contributed by atoms with Crippen molar-refractivity contribution in [1.82, 2.24) is 18.9 Å². The van der Waals surface area contributed by atoms with Gasteiger partial charge in [0, 0.05) is 37.7 Å². The van der Waals surface area contributed by atoms with Crippen LogP contribution in [0.5, 0.6) is 5.75 Å². The molecule has 0 atom stereocenters. The Labute approximate surface area is 224 Å². The summed E-state index contributed by atoms with van der Waals surface area (Å²) in [6.07, 6.45) is -0.650. The number of hydrogen-bond acceptors (Lipinski definition) is 4. The van der Waals surface area contributed by atoms with Gasteiger partial charge in [0.15, 0.2) is 0 Å². The highest BCUT2D eigenvalue weighted by atomic mass is 19.4. The van der Waals surface area contributed by atoms with Gasteiger partial charge in [0.25, 0.3) is 0 Å². The van der Waals surface area contributed by atoms with E-state index >= 15 is 0 Å². The van der Waals surface area contributed by atoms with Crippen LogP contribution in [0.2, 0.25) is 0 Å². The van der Waals surface area contributed by atoms with Crippen molar-refractivity contribution in [2.24, 2.45) is 7.05 Å². The van der Waals surface area contributed by atoms with Crippen molar-refractivity contribution >= 4 is 16.9 Å². The number of alkyl halides is 3. The Kier molecular flexibility index (Phi) is 6.23. The Bertz CT molecular complexity index is 1590. The van der Waals surface area contributed by atoms with Gasteiger partial charge in [-0.05, 0) is 56.4 Å². The van der Waals surface area contributed by atoms with E-state index in [1.807, 2.05) is 23.9 Å². The first kappa shape index (κ1) is 25.6. The molecule has 2 aliphatic rings. The molecular formula is C29H32F3N5O2.